The van der Waals surface area contributed by atoms with E-state index < -0.39 is 5.63 Å². The Labute approximate surface area is 142 Å². The van der Waals surface area contributed by atoms with Crippen molar-refractivity contribution in [1.82, 2.24) is 14.6 Å². The maximum atomic E-state index is 12.4. The summed E-state index contributed by atoms with van der Waals surface area (Å²) in [7, 11) is 0. The Morgan fingerprint density at radius 3 is 2.56 bits per heavy atom. The van der Waals surface area contributed by atoms with Crippen LogP contribution >= 0.6 is 0 Å². The molecule has 0 atom stereocenters. The van der Waals surface area contributed by atoms with Crippen LogP contribution in [-0.2, 0) is 0 Å². The number of hydrogen-bond acceptors (Lipinski definition) is 4. The Balaban J connectivity index is 2.02. The number of rotatable bonds is 1. The molecule has 5 heteroatoms. The van der Waals surface area contributed by atoms with Crippen LogP contribution in [0.25, 0.3) is 38.6 Å². The van der Waals surface area contributed by atoms with Crippen LogP contribution < -0.4 is 5.63 Å². The van der Waals surface area contributed by atoms with Gasteiger partial charge in [-0.05, 0) is 24.6 Å². The van der Waals surface area contributed by atoms with E-state index in [1.165, 1.54) is 0 Å². The van der Waals surface area contributed by atoms with Crippen molar-refractivity contribution >= 4 is 27.5 Å². The first kappa shape index (κ1) is 13.9. The second-order valence-electron chi connectivity index (χ2n) is 5.97. The summed E-state index contributed by atoms with van der Waals surface area (Å²) >= 11 is 0. The zero-order valence-corrected chi connectivity index (χ0v) is 13.4. The van der Waals surface area contributed by atoms with E-state index in [4.69, 9.17) is 4.42 Å². The lowest BCUT2D eigenvalue weighted by atomic mass is 10.1. The lowest BCUT2D eigenvalue weighted by Gasteiger charge is -2.05. The van der Waals surface area contributed by atoms with Gasteiger partial charge >= 0.3 is 5.63 Å². The number of nitrogens with zero attached hydrogens (tertiary/aromatic N) is 3. The maximum Gasteiger partial charge on any atom is 0.347 e. The van der Waals surface area contributed by atoms with Gasteiger partial charge in [0.1, 0.15) is 11.0 Å². The average Bonchev–Trinajstić information content (AvgIpc) is 2.98. The number of benzene rings is 2. The van der Waals surface area contributed by atoms with Crippen molar-refractivity contribution < 1.29 is 4.42 Å². The third-order valence-electron chi connectivity index (χ3n) is 4.45. The monoisotopic (exact) mass is 327 g/mol. The minimum absolute atomic E-state index is 0.405. The molecular weight excluding hydrogens is 314 g/mol. The van der Waals surface area contributed by atoms with E-state index in [1.54, 1.807) is 16.8 Å². The van der Waals surface area contributed by atoms with Crippen LogP contribution in [0.4, 0.5) is 0 Å². The molecule has 120 valence electrons. The van der Waals surface area contributed by atoms with Gasteiger partial charge in [-0.1, -0.05) is 42.5 Å². The molecule has 0 radical (unpaired) electrons. The molecule has 2 aromatic carbocycles. The standard InChI is InChI=1S/C20H13N3O2/c1-12-17(13-7-3-2-4-8-13)19-21-11-15-18(23(19)22-12)14-9-5-6-10-16(14)25-20(15)24/h2-11H,1H3. The Morgan fingerprint density at radius 2 is 1.72 bits per heavy atom. The number of aryl methyl sites for hydroxylation is 1. The largest absolute Gasteiger partial charge is 0.422 e. The molecule has 0 N–H and O–H groups in total. The Kier molecular flexibility index (Phi) is 2.79. The molecule has 25 heavy (non-hydrogen) atoms. The van der Waals surface area contributed by atoms with Crippen LogP contribution in [0.1, 0.15) is 5.69 Å². The molecule has 0 amide bonds. The van der Waals surface area contributed by atoms with Crippen molar-refractivity contribution in [3.8, 4) is 11.1 Å². The summed E-state index contributed by atoms with van der Waals surface area (Å²) in [6, 6.07) is 17.5. The fraction of sp³-hybridized carbons (Fsp3) is 0.0500. The van der Waals surface area contributed by atoms with Gasteiger partial charge in [-0.25, -0.2) is 14.3 Å². The molecule has 0 saturated carbocycles. The van der Waals surface area contributed by atoms with Gasteiger partial charge in [-0.15, -0.1) is 0 Å². The summed E-state index contributed by atoms with van der Waals surface area (Å²) in [4.78, 5) is 16.9. The van der Waals surface area contributed by atoms with Gasteiger partial charge in [-0.2, -0.15) is 5.10 Å². The lowest BCUT2D eigenvalue weighted by molar-refractivity contribution is 0.569. The summed E-state index contributed by atoms with van der Waals surface area (Å²) in [5.41, 5.74) is 4.48. The van der Waals surface area contributed by atoms with E-state index in [0.717, 1.165) is 33.4 Å². The summed E-state index contributed by atoms with van der Waals surface area (Å²) in [6.45, 7) is 1.95. The summed E-state index contributed by atoms with van der Waals surface area (Å²) in [5.74, 6) is 0. The highest BCUT2D eigenvalue weighted by Gasteiger charge is 2.17. The van der Waals surface area contributed by atoms with Crippen LogP contribution in [0.15, 0.2) is 70.0 Å². The minimum atomic E-state index is -0.405. The molecule has 0 aliphatic heterocycles. The van der Waals surface area contributed by atoms with Crippen molar-refractivity contribution in [3.63, 3.8) is 0 Å². The van der Waals surface area contributed by atoms with Gasteiger partial charge in [0, 0.05) is 17.1 Å². The Hall–Kier alpha value is -3.47. The first-order valence-corrected chi connectivity index (χ1v) is 7.99. The molecule has 0 spiro atoms. The van der Waals surface area contributed by atoms with Crippen LogP contribution in [0.5, 0.6) is 0 Å². The van der Waals surface area contributed by atoms with Crippen molar-refractivity contribution in [2.75, 3.05) is 0 Å². The number of aromatic nitrogens is 3. The van der Waals surface area contributed by atoms with Gasteiger partial charge in [0.25, 0.3) is 0 Å². The maximum absolute atomic E-state index is 12.4. The molecule has 3 aromatic heterocycles. The molecule has 5 rings (SSSR count). The van der Waals surface area contributed by atoms with E-state index in [-0.39, 0.29) is 0 Å². The third kappa shape index (κ3) is 1.92. The highest BCUT2D eigenvalue weighted by atomic mass is 16.4. The highest BCUT2D eigenvalue weighted by molar-refractivity contribution is 6.03. The zero-order chi connectivity index (χ0) is 17.0. The van der Waals surface area contributed by atoms with E-state index in [2.05, 4.69) is 10.1 Å². The van der Waals surface area contributed by atoms with Crippen molar-refractivity contribution in [2.45, 2.75) is 6.92 Å². The lowest BCUT2D eigenvalue weighted by Crippen LogP contribution is -2.05. The summed E-state index contributed by atoms with van der Waals surface area (Å²) in [5, 5.41) is 5.95. The van der Waals surface area contributed by atoms with E-state index in [9.17, 15) is 4.79 Å². The number of para-hydroxylation sites is 1. The topological polar surface area (TPSA) is 60.4 Å². The van der Waals surface area contributed by atoms with E-state index >= 15 is 0 Å². The molecule has 3 heterocycles. The van der Waals surface area contributed by atoms with Crippen LogP contribution in [0, 0.1) is 6.92 Å². The molecule has 0 unspecified atom stereocenters. The molecule has 0 aliphatic rings. The smallest absolute Gasteiger partial charge is 0.347 e. The second-order valence-corrected chi connectivity index (χ2v) is 5.97. The fourth-order valence-electron chi connectivity index (χ4n) is 3.35. The molecular formula is C20H13N3O2. The van der Waals surface area contributed by atoms with Crippen LogP contribution in [0.3, 0.4) is 0 Å². The molecule has 0 saturated heterocycles. The summed E-state index contributed by atoms with van der Waals surface area (Å²) in [6.07, 6.45) is 1.58. The number of hydrogen-bond donors (Lipinski definition) is 0. The molecule has 5 aromatic rings. The SMILES string of the molecule is Cc1nn2c(ncc3c(=O)oc4ccccc4c32)c1-c1ccccc1. The molecule has 0 fully saturated rings. The Bertz CT molecular complexity index is 1320. The van der Waals surface area contributed by atoms with E-state index in [1.807, 2.05) is 55.5 Å². The highest BCUT2D eigenvalue weighted by Crippen LogP contribution is 2.30. The Morgan fingerprint density at radius 1 is 0.960 bits per heavy atom. The minimum Gasteiger partial charge on any atom is -0.422 e. The molecule has 0 aliphatic carbocycles. The van der Waals surface area contributed by atoms with Crippen molar-refractivity contribution in [3.05, 3.63) is 76.9 Å². The van der Waals surface area contributed by atoms with Gasteiger partial charge in [-0.3, -0.25) is 0 Å². The van der Waals surface area contributed by atoms with Crippen LogP contribution in [-0.4, -0.2) is 14.6 Å². The normalized spacial score (nSPS) is 11.6. The van der Waals surface area contributed by atoms with E-state index in [0.29, 0.717) is 11.0 Å². The first-order valence-electron chi connectivity index (χ1n) is 7.99. The van der Waals surface area contributed by atoms with Crippen molar-refractivity contribution in [2.24, 2.45) is 0 Å². The number of fused-ring (bicyclic) bond motifs is 5. The summed E-state index contributed by atoms with van der Waals surface area (Å²) < 4.78 is 7.17. The predicted octanol–water partition coefficient (Wildman–Crippen LogP) is 3.96. The van der Waals surface area contributed by atoms with Gasteiger partial charge < -0.3 is 4.42 Å². The van der Waals surface area contributed by atoms with Gasteiger partial charge in [0.05, 0.1) is 11.2 Å². The molecule has 0 bridgehead atoms. The van der Waals surface area contributed by atoms with Crippen molar-refractivity contribution in [1.29, 1.82) is 0 Å². The van der Waals surface area contributed by atoms with Gasteiger partial charge in [0.2, 0.25) is 0 Å². The first-order chi connectivity index (χ1) is 12.2. The average molecular weight is 327 g/mol. The molecule has 5 nitrogen and oxygen atoms in total. The van der Waals surface area contributed by atoms with Gasteiger partial charge in [0.15, 0.2) is 5.65 Å². The second kappa shape index (κ2) is 5.01. The fourth-order valence-corrected chi connectivity index (χ4v) is 3.35. The zero-order valence-electron chi connectivity index (χ0n) is 13.4. The third-order valence-corrected chi connectivity index (χ3v) is 4.45. The van der Waals surface area contributed by atoms with Crippen LogP contribution in [0.2, 0.25) is 0 Å². The quantitative estimate of drug-likeness (QED) is 0.345. The predicted molar refractivity (Wildman–Crippen MR) is 96.7 cm³/mol.